The molecule has 3 aromatic rings. The van der Waals surface area contributed by atoms with Crippen molar-refractivity contribution in [3.05, 3.63) is 72.5 Å². The molecule has 0 bridgehead atoms. The number of rotatable bonds is 6. The number of nitrogens with two attached hydrogens (primary N) is 1. The van der Waals surface area contributed by atoms with Gasteiger partial charge >= 0.3 is 0 Å². The molecule has 0 aliphatic rings. The minimum atomic E-state index is -0.449. The van der Waals surface area contributed by atoms with Crippen molar-refractivity contribution in [1.29, 1.82) is 0 Å². The first kappa shape index (κ1) is 18.2. The summed E-state index contributed by atoms with van der Waals surface area (Å²) in [6, 6.07) is 7.10. The number of fused-ring (bicyclic) bond motifs is 1. The molecule has 3 rings (SSSR count). The van der Waals surface area contributed by atoms with E-state index in [1.54, 1.807) is 24.5 Å². The molecular weight excluding hydrogens is 340 g/mol. The monoisotopic (exact) mass is 362 g/mol. The standard InChI is InChI=1S/C20H22N6O/c1-13(11-14(2)25(3)4)24-19-20-23-12-17(26(20)10-9-22-19)15-5-7-16(8-6-15)18(21)27/h5-12H,1H2,2-4H3,(H2,21,27)(H,22,24)/b14-11+. The topological polar surface area (TPSA) is 88.5 Å². The van der Waals surface area contributed by atoms with Gasteiger partial charge in [0.2, 0.25) is 5.91 Å². The van der Waals surface area contributed by atoms with Gasteiger partial charge in [-0.3, -0.25) is 9.20 Å². The van der Waals surface area contributed by atoms with Crippen molar-refractivity contribution >= 4 is 17.4 Å². The van der Waals surface area contributed by atoms with Gasteiger partial charge in [-0.25, -0.2) is 9.97 Å². The molecule has 27 heavy (non-hydrogen) atoms. The quantitative estimate of drug-likeness (QED) is 0.658. The summed E-state index contributed by atoms with van der Waals surface area (Å²) in [4.78, 5) is 22.1. The Kier molecular flexibility index (Phi) is 4.94. The number of carbonyl (C=O) groups excluding carboxylic acids is 1. The van der Waals surface area contributed by atoms with Crippen LogP contribution in [0, 0.1) is 0 Å². The molecule has 7 heteroatoms. The molecule has 2 aromatic heterocycles. The Bertz CT molecular complexity index is 1030. The summed E-state index contributed by atoms with van der Waals surface area (Å²) in [6.07, 6.45) is 7.26. The van der Waals surface area contributed by atoms with E-state index in [0.29, 0.717) is 17.0 Å². The smallest absolute Gasteiger partial charge is 0.248 e. The third-order valence-corrected chi connectivity index (χ3v) is 4.26. The average Bonchev–Trinajstić information content (AvgIpc) is 3.06. The van der Waals surface area contributed by atoms with Crippen LogP contribution in [-0.4, -0.2) is 39.3 Å². The molecule has 3 N–H and O–H groups in total. The largest absolute Gasteiger partial charge is 0.381 e. The van der Waals surface area contributed by atoms with Crippen molar-refractivity contribution in [2.75, 3.05) is 19.4 Å². The number of imidazole rings is 1. The highest BCUT2D eigenvalue weighted by molar-refractivity contribution is 5.93. The Morgan fingerprint density at radius 2 is 1.96 bits per heavy atom. The molecule has 0 aliphatic heterocycles. The fourth-order valence-electron chi connectivity index (χ4n) is 2.60. The number of hydrogen-bond acceptors (Lipinski definition) is 5. The van der Waals surface area contributed by atoms with Gasteiger partial charge in [-0.1, -0.05) is 18.7 Å². The molecule has 1 amide bonds. The van der Waals surface area contributed by atoms with Crippen molar-refractivity contribution in [3.63, 3.8) is 0 Å². The first-order valence-electron chi connectivity index (χ1n) is 8.40. The fraction of sp³-hybridized carbons (Fsp3) is 0.150. The minimum Gasteiger partial charge on any atom is -0.381 e. The number of hydrogen-bond donors (Lipinski definition) is 2. The predicted octanol–water partition coefficient (Wildman–Crippen LogP) is 2.89. The van der Waals surface area contributed by atoms with Crippen LogP contribution in [0.15, 0.2) is 66.9 Å². The Morgan fingerprint density at radius 1 is 1.26 bits per heavy atom. The van der Waals surface area contributed by atoms with E-state index in [1.807, 2.05) is 54.7 Å². The van der Waals surface area contributed by atoms with Crippen LogP contribution in [0.2, 0.25) is 0 Å². The summed E-state index contributed by atoms with van der Waals surface area (Å²) in [5.41, 5.74) is 10.1. The third-order valence-electron chi connectivity index (χ3n) is 4.26. The second-order valence-electron chi connectivity index (χ2n) is 6.38. The van der Waals surface area contributed by atoms with E-state index in [9.17, 15) is 4.79 Å². The third kappa shape index (κ3) is 3.82. The van der Waals surface area contributed by atoms with Crippen LogP contribution in [-0.2, 0) is 0 Å². The lowest BCUT2D eigenvalue weighted by Gasteiger charge is -2.14. The number of aromatic nitrogens is 3. The summed E-state index contributed by atoms with van der Waals surface area (Å²) in [5, 5.41) is 3.21. The Balaban J connectivity index is 1.94. The van der Waals surface area contributed by atoms with Gasteiger partial charge in [-0.15, -0.1) is 0 Å². The number of allylic oxidation sites excluding steroid dienone is 2. The van der Waals surface area contributed by atoms with Crippen LogP contribution in [0.5, 0.6) is 0 Å². The normalized spacial score (nSPS) is 11.4. The molecule has 0 saturated heterocycles. The van der Waals surface area contributed by atoms with E-state index in [1.165, 1.54) is 0 Å². The SMILES string of the molecule is C=C(/C=C(\C)N(C)C)Nc1nccn2c(-c3ccc(C(N)=O)cc3)cnc12. The summed E-state index contributed by atoms with van der Waals surface area (Å²) < 4.78 is 1.93. The van der Waals surface area contributed by atoms with Crippen molar-refractivity contribution < 1.29 is 4.79 Å². The number of benzene rings is 1. The molecule has 0 spiro atoms. The van der Waals surface area contributed by atoms with Crippen molar-refractivity contribution in [1.82, 2.24) is 19.3 Å². The maximum atomic E-state index is 11.2. The number of nitrogens with zero attached hydrogens (tertiary/aromatic N) is 4. The first-order chi connectivity index (χ1) is 12.9. The van der Waals surface area contributed by atoms with Gasteiger partial charge in [0.1, 0.15) is 0 Å². The maximum Gasteiger partial charge on any atom is 0.248 e. The van der Waals surface area contributed by atoms with Gasteiger partial charge in [0.05, 0.1) is 11.9 Å². The van der Waals surface area contributed by atoms with Gasteiger partial charge in [-0.2, -0.15) is 0 Å². The molecule has 0 saturated carbocycles. The minimum absolute atomic E-state index is 0.449. The predicted molar refractivity (Wildman–Crippen MR) is 107 cm³/mol. The van der Waals surface area contributed by atoms with E-state index in [4.69, 9.17) is 5.73 Å². The zero-order valence-electron chi connectivity index (χ0n) is 15.6. The van der Waals surface area contributed by atoms with E-state index in [2.05, 4.69) is 21.9 Å². The average molecular weight is 362 g/mol. The van der Waals surface area contributed by atoms with Gasteiger partial charge in [-0.05, 0) is 25.1 Å². The Morgan fingerprint density at radius 3 is 2.59 bits per heavy atom. The second-order valence-corrected chi connectivity index (χ2v) is 6.38. The number of primary amides is 1. The molecule has 0 aliphatic carbocycles. The highest BCUT2D eigenvalue weighted by Gasteiger charge is 2.11. The van der Waals surface area contributed by atoms with E-state index < -0.39 is 5.91 Å². The summed E-state index contributed by atoms with van der Waals surface area (Å²) >= 11 is 0. The molecule has 1 aromatic carbocycles. The molecule has 0 unspecified atom stereocenters. The number of anilines is 1. The van der Waals surface area contributed by atoms with Crippen molar-refractivity contribution in [2.45, 2.75) is 6.92 Å². The molecule has 0 fully saturated rings. The van der Waals surface area contributed by atoms with Crippen LogP contribution in [0.4, 0.5) is 5.82 Å². The summed E-state index contributed by atoms with van der Waals surface area (Å²) in [7, 11) is 3.95. The van der Waals surface area contributed by atoms with Gasteiger partial charge in [0.15, 0.2) is 11.5 Å². The molecule has 138 valence electrons. The van der Waals surface area contributed by atoms with Crippen LogP contribution in [0.3, 0.4) is 0 Å². The van der Waals surface area contributed by atoms with Crippen molar-refractivity contribution in [3.8, 4) is 11.3 Å². The summed E-state index contributed by atoms with van der Waals surface area (Å²) in [6.45, 7) is 6.04. The number of carbonyl (C=O) groups is 1. The lowest BCUT2D eigenvalue weighted by atomic mass is 10.1. The molecular formula is C20H22N6O. The molecule has 0 radical (unpaired) electrons. The molecule has 7 nitrogen and oxygen atoms in total. The Labute approximate surface area is 157 Å². The van der Waals surface area contributed by atoms with Crippen LogP contribution < -0.4 is 11.1 Å². The highest BCUT2D eigenvalue weighted by Crippen LogP contribution is 2.24. The van der Waals surface area contributed by atoms with Crippen molar-refractivity contribution in [2.24, 2.45) is 5.73 Å². The zero-order valence-corrected chi connectivity index (χ0v) is 15.6. The molecule has 0 atom stereocenters. The van der Waals surface area contributed by atoms with Crippen LogP contribution in [0.1, 0.15) is 17.3 Å². The lowest BCUT2D eigenvalue weighted by Crippen LogP contribution is -2.10. The van der Waals surface area contributed by atoms with Crippen LogP contribution in [0.25, 0.3) is 16.9 Å². The second kappa shape index (κ2) is 7.33. The van der Waals surface area contributed by atoms with Gasteiger partial charge in [0, 0.05) is 49.0 Å². The molecule has 2 heterocycles. The van der Waals surface area contributed by atoms with E-state index in [0.717, 1.165) is 22.7 Å². The van der Waals surface area contributed by atoms with Gasteiger partial charge in [0.25, 0.3) is 0 Å². The first-order valence-corrected chi connectivity index (χ1v) is 8.40. The van der Waals surface area contributed by atoms with Crippen LogP contribution >= 0.6 is 0 Å². The fourth-order valence-corrected chi connectivity index (χ4v) is 2.60. The Hall–Kier alpha value is -3.61. The number of nitrogens with one attached hydrogen (secondary N) is 1. The summed E-state index contributed by atoms with van der Waals surface area (Å²) in [5.74, 6) is 0.167. The van der Waals surface area contributed by atoms with E-state index in [-0.39, 0.29) is 0 Å². The zero-order chi connectivity index (χ0) is 19.6. The maximum absolute atomic E-state index is 11.2. The van der Waals surface area contributed by atoms with E-state index >= 15 is 0 Å². The lowest BCUT2D eigenvalue weighted by molar-refractivity contribution is 0.100. The number of amides is 1. The van der Waals surface area contributed by atoms with Gasteiger partial charge < -0.3 is 16.0 Å². The highest BCUT2D eigenvalue weighted by atomic mass is 16.1.